The maximum absolute atomic E-state index is 12.6. The third-order valence-electron chi connectivity index (χ3n) is 13.2. The van der Waals surface area contributed by atoms with Crippen LogP contribution in [0.4, 0.5) is 0 Å². The highest BCUT2D eigenvalue weighted by Gasteiger charge is 2.57. The molecule has 1 unspecified atom stereocenters. The number of hydrogen-bond donors (Lipinski definition) is 20. The Bertz CT molecular complexity index is 1650. The maximum Gasteiger partial charge on any atom is 0.217 e. The van der Waals surface area contributed by atoms with Gasteiger partial charge in [0.15, 0.2) is 37.7 Å². The molecule has 32 heteroatoms. The van der Waals surface area contributed by atoms with Gasteiger partial charge < -0.3 is 155 Å². The number of hydrogen-bond acceptors (Lipinski definition) is 31. The number of amides is 1. The van der Waals surface area contributed by atoms with Crippen molar-refractivity contribution in [2.45, 2.75) is 191 Å². The summed E-state index contributed by atoms with van der Waals surface area (Å²) in [5, 5.41) is 196. The SMILES string of the molecule is CN[C@H]1[C@H](OC[C@H]2O[C@@H](O[C@H]3[C@H](O)[C@@H](O)C(O)O[C@@H]3CO)[C@H](O)[C@@H](O[C@@H]3O[C@H](CO)[C@@H](O[C@@H]4O[C@H](CO)[C@H](O)[C@H](O)[C@H]4O)[C@H](O)[C@H]3NC(C)=O)[C@H]2O)O[C@H](CO)[C@@H](O[C@@H]2O[C@H](CO)[C@H](O)[C@H](O)[C@H]2O)[C@@H]1O. The number of likely N-dealkylation sites (N-methyl/N-ethyl adjacent to an activating group) is 1. The maximum atomic E-state index is 12.6. The van der Waals surface area contributed by atoms with E-state index in [2.05, 4.69) is 10.6 Å². The molecule has 0 radical (unpaired) electrons. The van der Waals surface area contributed by atoms with Crippen LogP contribution in [0.1, 0.15) is 6.92 Å². The van der Waals surface area contributed by atoms with Gasteiger partial charge in [0, 0.05) is 6.92 Å². The first-order valence-corrected chi connectivity index (χ1v) is 22.7. The standard InChI is InChI=1S/C39H68N2O30/c1-9(47)41-17-22(52)31(69-38-28(58)24(54)19(49)11(4-43)64-38)14(7-46)66-36(17)71-33-20(50)15(67-39(29(33)59)70-32-12(5-44)62-34(60)26(56)25(32)55)8-61-35-16(40-2)21(51)30(13(6-45)65-35)68-37-27(57)23(53)18(48)10(3-42)63-37/h10-40,42-46,48-60H,3-8H2,1-2H3,(H,41,47)/t10-,11-,12-,13-,14-,15-,16-,17-,18+,19+,20+,21-,22-,23+,24+,25-,26-,27-,28-,29-,30-,31-,32-,33+,34?,35-,36+,37+,38+,39+/m1/s1. The number of rotatable bonds is 18. The van der Waals surface area contributed by atoms with Crippen LogP contribution in [0.2, 0.25) is 0 Å². The van der Waals surface area contributed by atoms with Crippen LogP contribution in [0, 0.1) is 0 Å². The third-order valence-corrected chi connectivity index (χ3v) is 13.2. The van der Waals surface area contributed by atoms with Gasteiger partial charge in [-0.1, -0.05) is 0 Å². The molecule has 6 fully saturated rings. The molecular formula is C39H68N2O30. The first-order valence-electron chi connectivity index (χ1n) is 22.7. The smallest absolute Gasteiger partial charge is 0.217 e. The Morgan fingerprint density at radius 2 is 0.789 bits per heavy atom. The molecule has 0 bridgehead atoms. The molecule has 0 spiro atoms. The van der Waals surface area contributed by atoms with Gasteiger partial charge in [0.05, 0.1) is 45.7 Å². The lowest BCUT2D eigenvalue weighted by Crippen LogP contribution is -2.70. The molecule has 0 saturated carbocycles. The van der Waals surface area contributed by atoms with E-state index in [0.717, 1.165) is 6.92 Å². The average molecular weight is 1040 g/mol. The molecule has 6 rings (SSSR count). The molecule has 414 valence electrons. The van der Waals surface area contributed by atoms with Crippen molar-refractivity contribution in [1.82, 2.24) is 10.6 Å². The summed E-state index contributed by atoms with van der Waals surface area (Å²) in [6.07, 6.45) is -51.2. The lowest BCUT2D eigenvalue weighted by atomic mass is 9.94. The first kappa shape index (κ1) is 58.5. The predicted octanol–water partition coefficient (Wildman–Crippen LogP) is -13.7. The molecule has 0 aromatic carbocycles. The zero-order valence-corrected chi connectivity index (χ0v) is 38.0. The van der Waals surface area contributed by atoms with Gasteiger partial charge in [0.25, 0.3) is 0 Å². The Morgan fingerprint density at radius 1 is 0.394 bits per heavy atom. The molecule has 1 amide bonds. The van der Waals surface area contributed by atoms with E-state index in [-0.39, 0.29) is 0 Å². The van der Waals surface area contributed by atoms with Crippen LogP contribution in [0.3, 0.4) is 0 Å². The van der Waals surface area contributed by atoms with Crippen molar-refractivity contribution in [3.8, 4) is 0 Å². The van der Waals surface area contributed by atoms with Crippen LogP contribution >= 0.6 is 0 Å². The van der Waals surface area contributed by atoms with Crippen molar-refractivity contribution < 1.29 is 149 Å². The first-order chi connectivity index (χ1) is 33.7. The second-order valence-electron chi connectivity index (χ2n) is 17.9. The summed E-state index contributed by atoms with van der Waals surface area (Å²) in [5.74, 6) is -0.835. The fourth-order valence-corrected chi connectivity index (χ4v) is 9.14. The van der Waals surface area contributed by atoms with Gasteiger partial charge in [-0.25, -0.2) is 0 Å². The largest absolute Gasteiger partial charge is 0.394 e. The van der Waals surface area contributed by atoms with E-state index in [0.29, 0.717) is 0 Å². The van der Waals surface area contributed by atoms with Crippen molar-refractivity contribution in [2.75, 3.05) is 46.7 Å². The van der Waals surface area contributed by atoms with Gasteiger partial charge in [0.1, 0.15) is 140 Å². The highest BCUT2D eigenvalue weighted by Crippen LogP contribution is 2.36. The van der Waals surface area contributed by atoms with Crippen LogP contribution in [-0.4, -0.2) is 329 Å². The van der Waals surface area contributed by atoms with E-state index in [1.54, 1.807) is 0 Å². The summed E-state index contributed by atoms with van der Waals surface area (Å²) < 4.78 is 62.9. The molecule has 20 N–H and O–H groups in total. The molecule has 6 heterocycles. The second kappa shape index (κ2) is 25.4. The van der Waals surface area contributed by atoms with Crippen molar-refractivity contribution in [1.29, 1.82) is 0 Å². The Balaban J connectivity index is 1.25. The Hall–Kier alpha value is -1.73. The Kier molecular flexibility index (Phi) is 20.9. The van der Waals surface area contributed by atoms with Crippen molar-refractivity contribution >= 4 is 5.91 Å². The quantitative estimate of drug-likeness (QED) is 0.0606. The summed E-state index contributed by atoms with van der Waals surface area (Å²) in [6, 6.07) is -3.07. The molecule has 32 nitrogen and oxygen atoms in total. The summed E-state index contributed by atoms with van der Waals surface area (Å²) in [4.78, 5) is 12.6. The number of nitrogens with one attached hydrogen (secondary N) is 2. The highest BCUT2D eigenvalue weighted by molar-refractivity contribution is 5.73. The van der Waals surface area contributed by atoms with E-state index in [4.69, 9.17) is 52.1 Å². The Labute approximate surface area is 402 Å². The lowest BCUT2D eigenvalue weighted by molar-refractivity contribution is -0.384. The van der Waals surface area contributed by atoms with Gasteiger partial charge in [-0.3, -0.25) is 4.79 Å². The molecule has 0 aromatic rings. The fraction of sp³-hybridized carbons (Fsp3) is 0.974. The van der Waals surface area contributed by atoms with Crippen LogP contribution in [0.25, 0.3) is 0 Å². The number of ether oxygens (including phenoxy) is 11. The van der Waals surface area contributed by atoms with Crippen LogP contribution < -0.4 is 10.6 Å². The second-order valence-corrected chi connectivity index (χ2v) is 17.9. The van der Waals surface area contributed by atoms with Gasteiger partial charge >= 0.3 is 0 Å². The van der Waals surface area contributed by atoms with Gasteiger partial charge in [-0.2, -0.15) is 0 Å². The van der Waals surface area contributed by atoms with Crippen LogP contribution in [0.5, 0.6) is 0 Å². The molecule has 0 aliphatic carbocycles. The summed E-state index contributed by atoms with van der Waals surface area (Å²) >= 11 is 0. The van der Waals surface area contributed by atoms with Crippen molar-refractivity contribution in [3.05, 3.63) is 0 Å². The molecule has 6 aliphatic rings. The number of aliphatic hydroxyl groups excluding tert-OH is 18. The summed E-state index contributed by atoms with van der Waals surface area (Å²) in [5.41, 5.74) is 0. The van der Waals surface area contributed by atoms with E-state index < -0.39 is 230 Å². The van der Waals surface area contributed by atoms with Crippen LogP contribution in [-0.2, 0) is 56.9 Å². The van der Waals surface area contributed by atoms with Crippen LogP contribution in [0.15, 0.2) is 0 Å². The van der Waals surface area contributed by atoms with E-state index in [1.807, 2.05) is 0 Å². The Morgan fingerprint density at radius 3 is 1.25 bits per heavy atom. The van der Waals surface area contributed by atoms with Crippen molar-refractivity contribution in [2.24, 2.45) is 0 Å². The van der Waals surface area contributed by atoms with E-state index >= 15 is 0 Å². The lowest BCUT2D eigenvalue weighted by Gasteiger charge is -2.50. The zero-order chi connectivity index (χ0) is 52.3. The minimum absolute atomic E-state index is 0.808. The van der Waals surface area contributed by atoms with Gasteiger partial charge in [0.2, 0.25) is 5.91 Å². The average Bonchev–Trinajstić information content (AvgIpc) is 3.35. The number of carbonyl (C=O) groups excluding carboxylic acids is 1. The molecule has 71 heavy (non-hydrogen) atoms. The highest BCUT2D eigenvalue weighted by atomic mass is 16.8. The third kappa shape index (κ3) is 12.4. The van der Waals surface area contributed by atoms with Crippen molar-refractivity contribution in [3.63, 3.8) is 0 Å². The summed E-state index contributed by atoms with van der Waals surface area (Å²) in [7, 11) is 1.34. The molecule has 30 atom stereocenters. The summed E-state index contributed by atoms with van der Waals surface area (Å²) in [6.45, 7) is -4.30. The van der Waals surface area contributed by atoms with Gasteiger partial charge in [-0.05, 0) is 7.05 Å². The minimum atomic E-state index is -2.21. The molecule has 6 saturated heterocycles. The molecule has 0 aromatic heterocycles. The minimum Gasteiger partial charge on any atom is -0.394 e. The zero-order valence-electron chi connectivity index (χ0n) is 38.0. The fourth-order valence-electron chi connectivity index (χ4n) is 9.14. The molecular weight excluding hydrogens is 976 g/mol. The van der Waals surface area contributed by atoms with Gasteiger partial charge in [-0.15, -0.1) is 0 Å². The monoisotopic (exact) mass is 1040 g/mol. The normalized spacial score (nSPS) is 50.9. The van der Waals surface area contributed by atoms with E-state index in [1.165, 1.54) is 7.05 Å². The number of aliphatic hydroxyl groups is 18. The topological polar surface area (TPSA) is 507 Å². The van der Waals surface area contributed by atoms with E-state index in [9.17, 15) is 96.7 Å². The molecule has 6 aliphatic heterocycles. The predicted molar refractivity (Wildman–Crippen MR) is 218 cm³/mol. The number of carbonyl (C=O) groups is 1.